The molecule has 0 heterocycles. The average molecular weight is 394 g/mol. The standard InChI is InChI=1S/C22H22N2O3S/c1-3-24(19-10-5-4-6-11-19)28(26,27)20-15-13-18(14-16-20)22(25)23-21-12-8-7-9-17(21)2/h4-16H,3H2,1-2H3,(H,23,25). The molecule has 0 saturated carbocycles. The number of amides is 1. The molecule has 0 atom stereocenters. The van der Waals surface area contributed by atoms with Crippen LogP contribution in [0.3, 0.4) is 0 Å². The van der Waals surface area contributed by atoms with Gasteiger partial charge in [-0.15, -0.1) is 0 Å². The highest BCUT2D eigenvalue weighted by atomic mass is 32.2. The van der Waals surface area contributed by atoms with Gasteiger partial charge in [0.25, 0.3) is 15.9 Å². The number of hydrogen-bond acceptors (Lipinski definition) is 3. The summed E-state index contributed by atoms with van der Waals surface area (Å²) in [5.41, 5.74) is 2.68. The Labute approximate surface area is 165 Å². The fraction of sp³-hybridized carbons (Fsp3) is 0.136. The van der Waals surface area contributed by atoms with E-state index in [4.69, 9.17) is 0 Å². The SMILES string of the molecule is CCN(c1ccccc1)S(=O)(=O)c1ccc(C(=O)Nc2ccccc2C)cc1. The first-order valence-electron chi connectivity index (χ1n) is 8.98. The zero-order valence-electron chi connectivity index (χ0n) is 15.8. The molecule has 0 radical (unpaired) electrons. The van der Waals surface area contributed by atoms with E-state index >= 15 is 0 Å². The second-order valence-corrected chi connectivity index (χ2v) is 8.16. The molecule has 5 nitrogen and oxygen atoms in total. The molecule has 3 rings (SSSR count). The molecule has 1 amide bonds. The number of nitrogens with one attached hydrogen (secondary N) is 1. The van der Waals surface area contributed by atoms with E-state index in [-0.39, 0.29) is 10.8 Å². The van der Waals surface area contributed by atoms with Crippen LogP contribution in [0.2, 0.25) is 0 Å². The van der Waals surface area contributed by atoms with Crippen molar-refractivity contribution >= 4 is 27.3 Å². The fourth-order valence-electron chi connectivity index (χ4n) is 2.90. The van der Waals surface area contributed by atoms with Crippen LogP contribution < -0.4 is 9.62 Å². The Morgan fingerprint density at radius 3 is 2.11 bits per heavy atom. The number of para-hydroxylation sites is 2. The lowest BCUT2D eigenvalue weighted by molar-refractivity contribution is 0.102. The minimum Gasteiger partial charge on any atom is -0.322 e. The van der Waals surface area contributed by atoms with Gasteiger partial charge in [0.15, 0.2) is 0 Å². The van der Waals surface area contributed by atoms with Crippen molar-refractivity contribution in [2.45, 2.75) is 18.7 Å². The van der Waals surface area contributed by atoms with Gasteiger partial charge >= 0.3 is 0 Å². The lowest BCUT2D eigenvalue weighted by Crippen LogP contribution is -2.30. The van der Waals surface area contributed by atoms with Crippen molar-refractivity contribution < 1.29 is 13.2 Å². The van der Waals surface area contributed by atoms with Crippen molar-refractivity contribution in [1.29, 1.82) is 0 Å². The van der Waals surface area contributed by atoms with Crippen LogP contribution >= 0.6 is 0 Å². The van der Waals surface area contributed by atoms with E-state index in [1.165, 1.54) is 28.6 Å². The van der Waals surface area contributed by atoms with Gasteiger partial charge in [-0.1, -0.05) is 36.4 Å². The van der Waals surface area contributed by atoms with Crippen LogP contribution in [0.1, 0.15) is 22.8 Å². The number of carbonyl (C=O) groups excluding carboxylic acids is 1. The molecule has 0 spiro atoms. The third kappa shape index (κ3) is 4.07. The first-order chi connectivity index (χ1) is 13.4. The van der Waals surface area contributed by atoms with Gasteiger partial charge in [0.05, 0.1) is 10.6 Å². The lowest BCUT2D eigenvalue weighted by Gasteiger charge is -2.23. The van der Waals surface area contributed by atoms with Gasteiger partial charge in [-0.05, 0) is 61.9 Å². The molecule has 1 N–H and O–H groups in total. The summed E-state index contributed by atoms with van der Waals surface area (Å²) in [4.78, 5) is 12.6. The maximum atomic E-state index is 13.0. The Balaban J connectivity index is 1.83. The van der Waals surface area contributed by atoms with Crippen LogP contribution in [0.5, 0.6) is 0 Å². The Hall–Kier alpha value is -3.12. The zero-order chi connectivity index (χ0) is 20.1. The van der Waals surface area contributed by atoms with E-state index in [1.54, 1.807) is 31.2 Å². The number of nitrogens with zero attached hydrogens (tertiary/aromatic N) is 1. The minimum atomic E-state index is -3.71. The molecule has 0 fully saturated rings. The number of aryl methyl sites for hydroxylation is 1. The molecule has 0 aliphatic heterocycles. The Morgan fingerprint density at radius 1 is 0.893 bits per heavy atom. The van der Waals surface area contributed by atoms with Gasteiger partial charge < -0.3 is 5.32 Å². The molecule has 0 aliphatic carbocycles. The summed E-state index contributed by atoms with van der Waals surface area (Å²) in [6, 6.07) is 22.4. The van der Waals surface area contributed by atoms with Crippen LogP contribution in [0.15, 0.2) is 83.8 Å². The molecule has 0 saturated heterocycles. The van der Waals surface area contributed by atoms with Crippen molar-refractivity contribution in [3.63, 3.8) is 0 Å². The van der Waals surface area contributed by atoms with E-state index in [2.05, 4.69) is 5.32 Å². The number of rotatable bonds is 6. The van der Waals surface area contributed by atoms with Crippen LogP contribution in [0.25, 0.3) is 0 Å². The van der Waals surface area contributed by atoms with Crippen molar-refractivity contribution in [3.05, 3.63) is 90.0 Å². The predicted molar refractivity (Wildman–Crippen MR) is 112 cm³/mol. The smallest absolute Gasteiger partial charge is 0.264 e. The molecule has 3 aromatic rings. The Bertz CT molecular complexity index is 1060. The number of benzene rings is 3. The van der Waals surface area contributed by atoms with Crippen LogP contribution in [0, 0.1) is 6.92 Å². The molecule has 0 aliphatic rings. The second kappa shape index (κ2) is 8.27. The van der Waals surface area contributed by atoms with Crippen LogP contribution in [0.4, 0.5) is 11.4 Å². The van der Waals surface area contributed by atoms with Crippen LogP contribution in [-0.4, -0.2) is 20.9 Å². The summed E-state index contributed by atoms with van der Waals surface area (Å²) in [5.74, 6) is -0.284. The third-order valence-corrected chi connectivity index (χ3v) is 6.35. The first-order valence-corrected chi connectivity index (χ1v) is 10.4. The summed E-state index contributed by atoms with van der Waals surface area (Å²) in [6.07, 6.45) is 0. The van der Waals surface area contributed by atoms with Crippen molar-refractivity contribution in [2.75, 3.05) is 16.2 Å². The van der Waals surface area contributed by atoms with Gasteiger partial charge in [0.1, 0.15) is 0 Å². The number of hydrogen-bond donors (Lipinski definition) is 1. The summed E-state index contributed by atoms with van der Waals surface area (Å²) in [7, 11) is -3.71. The molecule has 28 heavy (non-hydrogen) atoms. The van der Waals surface area contributed by atoms with Gasteiger partial charge in [-0.25, -0.2) is 8.42 Å². The van der Waals surface area contributed by atoms with Gasteiger partial charge in [-0.3, -0.25) is 9.10 Å². The van der Waals surface area contributed by atoms with Crippen molar-refractivity contribution in [1.82, 2.24) is 0 Å². The van der Waals surface area contributed by atoms with Crippen molar-refractivity contribution in [2.24, 2.45) is 0 Å². The molecule has 3 aromatic carbocycles. The molecular formula is C22H22N2O3S. The fourth-order valence-corrected chi connectivity index (χ4v) is 4.37. The zero-order valence-corrected chi connectivity index (χ0v) is 16.6. The molecular weight excluding hydrogens is 372 g/mol. The maximum absolute atomic E-state index is 13.0. The largest absolute Gasteiger partial charge is 0.322 e. The lowest BCUT2D eigenvalue weighted by atomic mass is 10.1. The Morgan fingerprint density at radius 2 is 1.50 bits per heavy atom. The number of carbonyl (C=O) groups is 1. The number of anilines is 2. The molecule has 0 bridgehead atoms. The molecule has 6 heteroatoms. The maximum Gasteiger partial charge on any atom is 0.264 e. The Kier molecular flexibility index (Phi) is 5.80. The topological polar surface area (TPSA) is 66.5 Å². The van der Waals surface area contributed by atoms with E-state index in [1.807, 2.05) is 37.3 Å². The molecule has 144 valence electrons. The summed E-state index contributed by atoms with van der Waals surface area (Å²) in [5, 5.41) is 2.85. The van der Waals surface area contributed by atoms with Gasteiger partial charge in [-0.2, -0.15) is 0 Å². The number of sulfonamides is 1. The normalized spacial score (nSPS) is 11.1. The predicted octanol–water partition coefficient (Wildman–Crippen LogP) is 4.46. The van der Waals surface area contributed by atoms with Gasteiger partial charge in [0.2, 0.25) is 0 Å². The minimum absolute atomic E-state index is 0.144. The molecule has 0 unspecified atom stereocenters. The average Bonchev–Trinajstić information content (AvgIpc) is 2.71. The van der Waals surface area contributed by atoms with E-state index in [9.17, 15) is 13.2 Å². The molecule has 0 aromatic heterocycles. The monoisotopic (exact) mass is 394 g/mol. The van der Waals surface area contributed by atoms with E-state index in [0.29, 0.717) is 17.8 Å². The van der Waals surface area contributed by atoms with E-state index in [0.717, 1.165) is 11.3 Å². The second-order valence-electron chi connectivity index (χ2n) is 6.30. The highest BCUT2D eigenvalue weighted by Crippen LogP contribution is 2.23. The highest BCUT2D eigenvalue weighted by Gasteiger charge is 2.23. The first kappa shape index (κ1) is 19.6. The van der Waals surface area contributed by atoms with Crippen LogP contribution in [-0.2, 0) is 10.0 Å². The summed E-state index contributed by atoms with van der Waals surface area (Å²) in [6.45, 7) is 4.00. The summed E-state index contributed by atoms with van der Waals surface area (Å²) >= 11 is 0. The third-order valence-electron chi connectivity index (χ3n) is 4.43. The van der Waals surface area contributed by atoms with Crippen molar-refractivity contribution in [3.8, 4) is 0 Å². The van der Waals surface area contributed by atoms with E-state index < -0.39 is 10.0 Å². The van der Waals surface area contributed by atoms with Gasteiger partial charge in [0, 0.05) is 17.8 Å². The summed E-state index contributed by atoms with van der Waals surface area (Å²) < 4.78 is 27.4. The quantitative estimate of drug-likeness (QED) is 0.671. The highest BCUT2D eigenvalue weighted by molar-refractivity contribution is 7.92.